The van der Waals surface area contributed by atoms with E-state index in [0.29, 0.717) is 5.56 Å². The number of hydrogen-bond acceptors (Lipinski definition) is 3. The number of nitrogens with zero attached hydrogens (tertiary/aromatic N) is 3. The molecule has 0 bridgehead atoms. The molecular formula is C27H29N3O2. The van der Waals surface area contributed by atoms with E-state index in [9.17, 15) is 9.59 Å². The van der Waals surface area contributed by atoms with E-state index >= 15 is 0 Å². The first-order valence-corrected chi connectivity index (χ1v) is 11.5. The van der Waals surface area contributed by atoms with E-state index in [1.165, 1.54) is 11.1 Å². The second kappa shape index (κ2) is 8.06. The minimum Gasteiger partial charge on any atom is -0.343 e. The molecule has 5 heteroatoms. The van der Waals surface area contributed by atoms with E-state index in [0.717, 1.165) is 42.5 Å². The van der Waals surface area contributed by atoms with Crippen LogP contribution in [0.4, 0.5) is 0 Å². The zero-order valence-electron chi connectivity index (χ0n) is 18.9. The minimum absolute atomic E-state index is 0.0132. The molecule has 3 aromatic rings. The molecule has 0 saturated carbocycles. The minimum atomic E-state index is -0.143. The number of carbonyl (C=O) groups excluding carboxylic acids is 2. The highest BCUT2D eigenvalue weighted by Crippen LogP contribution is 2.42. The molecule has 2 aromatic carbocycles. The SMILES string of the molecule is CCN(CC)C(=O)[C@@H]1C=C2c3cccc4c3c(cn4C(=O)c3ccccc3)C[C@H]2N(C)C1. The summed E-state index contributed by atoms with van der Waals surface area (Å²) in [6, 6.07) is 15.8. The molecule has 0 unspecified atom stereocenters. The zero-order valence-corrected chi connectivity index (χ0v) is 18.9. The van der Waals surface area contributed by atoms with Gasteiger partial charge in [-0.1, -0.05) is 36.4 Å². The molecule has 32 heavy (non-hydrogen) atoms. The van der Waals surface area contributed by atoms with Crippen molar-refractivity contribution in [2.45, 2.75) is 26.3 Å². The Balaban J connectivity index is 1.61. The molecule has 2 atom stereocenters. The van der Waals surface area contributed by atoms with E-state index in [1.807, 2.05) is 67.4 Å². The van der Waals surface area contributed by atoms with Gasteiger partial charge in [0.25, 0.3) is 5.91 Å². The molecule has 2 aliphatic rings. The molecule has 0 N–H and O–H groups in total. The van der Waals surface area contributed by atoms with Crippen molar-refractivity contribution in [3.05, 3.63) is 77.5 Å². The van der Waals surface area contributed by atoms with Crippen molar-refractivity contribution >= 4 is 28.3 Å². The Morgan fingerprint density at radius 2 is 1.78 bits per heavy atom. The molecule has 164 valence electrons. The van der Waals surface area contributed by atoms with E-state index < -0.39 is 0 Å². The van der Waals surface area contributed by atoms with Gasteiger partial charge in [0, 0.05) is 42.8 Å². The maximum absolute atomic E-state index is 13.3. The molecule has 1 aliphatic carbocycles. The number of aromatic nitrogens is 1. The van der Waals surface area contributed by atoms with Gasteiger partial charge in [-0.15, -0.1) is 0 Å². The summed E-state index contributed by atoms with van der Waals surface area (Å²) in [5.74, 6) is 0.0411. The summed E-state index contributed by atoms with van der Waals surface area (Å²) in [6.07, 6.45) is 5.05. The lowest BCUT2D eigenvalue weighted by Gasteiger charge is -2.40. The van der Waals surface area contributed by atoms with Crippen LogP contribution in [0.25, 0.3) is 16.5 Å². The highest BCUT2D eigenvalue weighted by molar-refractivity contribution is 6.07. The highest BCUT2D eigenvalue weighted by Gasteiger charge is 2.37. The summed E-state index contributed by atoms with van der Waals surface area (Å²) in [4.78, 5) is 30.6. The van der Waals surface area contributed by atoms with Crippen LogP contribution in [0.3, 0.4) is 0 Å². The van der Waals surface area contributed by atoms with Crippen LogP contribution in [0, 0.1) is 5.92 Å². The fraction of sp³-hybridized carbons (Fsp3) is 0.333. The smallest absolute Gasteiger partial charge is 0.262 e. The molecule has 5 nitrogen and oxygen atoms in total. The van der Waals surface area contributed by atoms with Crippen LogP contribution in [0.5, 0.6) is 0 Å². The van der Waals surface area contributed by atoms with Crippen molar-refractivity contribution in [2.75, 3.05) is 26.7 Å². The topological polar surface area (TPSA) is 45.6 Å². The van der Waals surface area contributed by atoms with Crippen molar-refractivity contribution in [3.63, 3.8) is 0 Å². The van der Waals surface area contributed by atoms with E-state index in [2.05, 4.69) is 24.1 Å². The van der Waals surface area contributed by atoms with Crippen LogP contribution in [-0.2, 0) is 11.2 Å². The second-order valence-corrected chi connectivity index (χ2v) is 8.79. The van der Waals surface area contributed by atoms with Crippen molar-refractivity contribution in [2.24, 2.45) is 5.92 Å². The largest absolute Gasteiger partial charge is 0.343 e. The molecule has 0 saturated heterocycles. The Labute approximate surface area is 188 Å². The fourth-order valence-corrected chi connectivity index (χ4v) is 5.37. The molecule has 2 heterocycles. The maximum atomic E-state index is 13.3. The van der Waals surface area contributed by atoms with Crippen LogP contribution < -0.4 is 0 Å². The third-order valence-corrected chi connectivity index (χ3v) is 7.02. The summed E-state index contributed by atoms with van der Waals surface area (Å²) in [5, 5.41) is 1.14. The van der Waals surface area contributed by atoms with Gasteiger partial charge in [-0.3, -0.25) is 19.1 Å². The number of rotatable bonds is 4. The second-order valence-electron chi connectivity index (χ2n) is 8.79. The van der Waals surface area contributed by atoms with Gasteiger partial charge in [0.2, 0.25) is 5.91 Å². The van der Waals surface area contributed by atoms with Gasteiger partial charge in [-0.05, 0) is 62.2 Å². The summed E-state index contributed by atoms with van der Waals surface area (Å²) in [6.45, 7) is 6.24. The van der Waals surface area contributed by atoms with Crippen molar-refractivity contribution < 1.29 is 9.59 Å². The number of amides is 1. The Kier molecular flexibility index (Phi) is 5.22. The van der Waals surface area contributed by atoms with Gasteiger partial charge in [-0.25, -0.2) is 0 Å². The average molecular weight is 428 g/mol. The van der Waals surface area contributed by atoms with Gasteiger partial charge in [0.15, 0.2) is 0 Å². The molecule has 5 rings (SSSR count). The molecule has 1 aromatic heterocycles. The van der Waals surface area contributed by atoms with Crippen LogP contribution in [0.1, 0.15) is 35.3 Å². The lowest BCUT2D eigenvalue weighted by Crippen LogP contribution is -2.47. The van der Waals surface area contributed by atoms with Crippen LogP contribution in [0.15, 0.2) is 60.8 Å². The van der Waals surface area contributed by atoms with Crippen molar-refractivity contribution in [1.82, 2.24) is 14.4 Å². The summed E-state index contributed by atoms with van der Waals surface area (Å²) in [7, 11) is 2.11. The quantitative estimate of drug-likeness (QED) is 0.631. The molecule has 1 aliphatic heterocycles. The first-order chi connectivity index (χ1) is 15.5. The Hall–Kier alpha value is -3.18. The molecule has 0 fully saturated rings. The fourth-order valence-electron chi connectivity index (χ4n) is 5.37. The Bertz CT molecular complexity index is 1220. The number of benzene rings is 2. The lowest BCUT2D eigenvalue weighted by atomic mass is 9.79. The van der Waals surface area contributed by atoms with Gasteiger partial charge >= 0.3 is 0 Å². The van der Waals surface area contributed by atoms with E-state index in [4.69, 9.17) is 0 Å². The predicted molar refractivity (Wildman–Crippen MR) is 128 cm³/mol. The van der Waals surface area contributed by atoms with Crippen LogP contribution >= 0.6 is 0 Å². The zero-order chi connectivity index (χ0) is 22.4. The Morgan fingerprint density at radius 3 is 2.50 bits per heavy atom. The number of hydrogen-bond donors (Lipinski definition) is 0. The van der Waals surface area contributed by atoms with Crippen molar-refractivity contribution in [3.8, 4) is 0 Å². The molecule has 1 amide bonds. The summed E-state index contributed by atoms with van der Waals surface area (Å²) >= 11 is 0. The van der Waals surface area contributed by atoms with Crippen molar-refractivity contribution in [1.29, 1.82) is 0 Å². The summed E-state index contributed by atoms with van der Waals surface area (Å²) < 4.78 is 1.79. The maximum Gasteiger partial charge on any atom is 0.262 e. The number of likely N-dealkylation sites (N-methyl/N-ethyl adjacent to an activating group) is 1. The van der Waals surface area contributed by atoms with Crippen LogP contribution in [-0.4, -0.2) is 58.9 Å². The van der Waals surface area contributed by atoms with Crippen LogP contribution in [0.2, 0.25) is 0 Å². The van der Waals surface area contributed by atoms with Gasteiger partial charge in [-0.2, -0.15) is 0 Å². The van der Waals surface area contributed by atoms with Gasteiger partial charge < -0.3 is 4.90 Å². The van der Waals surface area contributed by atoms with E-state index in [1.54, 1.807) is 4.57 Å². The van der Waals surface area contributed by atoms with E-state index in [-0.39, 0.29) is 23.8 Å². The number of fused-ring (bicyclic) bond motifs is 2. The monoisotopic (exact) mass is 427 g/mol. The normalized spacial score (nSPS) is 20.0. The summed E-state index contributed by atoms with van der Waals surface area (Å²) in [5.41, 5.74) is 5.18. The molecule has 0 spiro atoms. The lowest BCUT2D eigenvalue weighted by molar-refractivity contribution is -0.134. The average Bonchev–Trinajstić information content (AvgIpc) is 3.20. The first kappa shape index (κ1) is 20.7. The third kappa shape index (κ3) is 3.19. The highest BCUT2D eigenvalue weighted by atomic mass is 16.2. The third-order valence-electron chi connectivity index (χ3n) is 7.02. The molecular weight excluding hydrogens is 398 g/mol. The standard InChI is InChI=1S/C27H29N3O2/c1-4-29(5-2)26(31)20-14-22-21-12-9-13-23-25(21)19(15-24(22)28(3)16-20)17-30(23)27(32)18-10-7-6-8-11-18/h6-14,17,20,24H,4-5,15-16H2,1-3H3/t20-,24-/m1/s1. The first-order valence-electron chi connectivity index (χ1n) is 11.5. The number of carbonyl (C=O) groups is 2. The van der Waals surface area contributed by atoms with Gasteiger partial charge in [0.1, 0.15) is 0 Å². The molecule has 0 radical (unpaired) electrons. The van der Waals surface area contributed by atoms with Gasteiger partial charge in [0.05, 0.1) is 11.4 Å². The Morgan fingerprint density at radius 1 is 1.03 bits per heavy atom. The predicted octanol–water partition coefficient (Wildman–Crippen LogP) is 4.07.